The van der Waals surface area contributed by atoms with Gasteiger partial charge in [-0.1, -0.05) is 11.3 Å². The first-order valence-corrected chi connectivity index (χ1v) is 6.14. The van der Waals surface area contributed by atoms with E-state index in [0.29, 0.717) is 0 Å². The molecule has 0 bridgehead atoms. The highest BCUT2D eigenvalue weighted by atomic mass is 32.1. The van der Waals surface area contributed by atoms with Gasteiger partial charge >= 0.3 is 6.09 Å². The van der Waals surface area contributed by atoms with Crippen molar-refractivity contribution >= 4 is 22.4 Å². The fourth-order valence-corrected chi connectivity index (χ4v) is 2.54. The highest BCUT2D eigenvalue weighted by molar-refractivity contribution is 7.19. The minimum absolute atomic E-state index is 0.403. The average molecular weight is 263 g/mol. The molecule has 0 radical (unpaired) electrons. The number of thiazole rings is 1. The summed E-state index contributed by atoms with van der Waals surface area (Å²) in [7, 11) is 3.02. The molecule has 0 aliphatic carbocycles. The molecular weight excluding hydrogens is 250 g/mol. The van der Waals surface area contributed by atoms with E-state index >= 15 is 0 Å². The number of methoxy groups -OCH3 is 1. The molecule has 0 atom stereocenters. The van der Waals surface area contributed by atoms with Crippen molar-refractivity contribution in [1.29, 1.82) is 0 Å². The number of hydrogen-bond donors (Lipinski definition) is 0. The van der Waals surface area contributed by atoms with Gasteiger partial charge in [-0.3, -0.25) is 9.88 Å². The van der Waals surface area contributed by atoms with Crippen LogP contribution >= 0.6 is 11.3 Å². The zero-order valence-corrected chi connectivity index (χ0v) is 11.2. The molecule has 2 aromatic rings. The van der Waals surface area contributed by atoms with Gasteiger partial charge in [-0.15, -0.1) is 0 Å². The quantitative estimate of drug-likeness (QED) is 0.836. The van der Waals surface area contributed by atoms with Gasteiger partial charge in [0.1, 0.15) is 10.0 Å². The molecule has 0 unspecified atom stereocenters. The van der Waals surface area contributed by atoms with Crippen molar-refractivity contribution in [3.8, 4) is 10.6 Å². The standard InChI is InChI=1S/C12H13N3O2S/c1-8-11(15(2)12(16)17-3)18-10(14-8)9-5-4-6-13-7-9/h4-7H,1-3H3. The predicted octanol–water partition coefficient (Wildman–Crippen LogP) is 2.72. The normalized spacial score (nSPS) is 10.2. The molecule has 94 valence electrons. The van der Waals surface area contributed by atoms with E-state index < -0.39 is 6.09 Å². The van der Waals surface area contributed by atoms with Crippen LogP contribution in [0.4, 0.5) is 9.80 Å². The van der Waals surface area contributed by atoms with Gasteiger partial charge in [-0.2, -0.15) is 0 Å². The average Bonchev–Trinajstić information content (AvgIpc) is 2.80. The summed E-state index contributed by atoms with van der Waals surface area (Å²) in [6, 6.07) is 3.79. The third-order valence-corrected chi connectivity index (χ3v) is 3.72. The predicted molar refractivity (Wildman–Crippen MR) is 70.9 cm³/mol. The van der Waals surface area contributed by atoms with Gasteiger partial charge in [0, 0.05) is 25.0 Å². The first kappa shape index (κ1) is 12.5. The summed E-state index contributed by atoms with van der Waals surface area (Å²) in [5.74, 6) is 0. The van der Waals surface area contributed by atoms with Crippen molar-refractivity contribution in [2.24, 2.45) is 0 Å². The zero-order valence-electron chi connectivity index (χ0n) is 10.4. The molecule has 18 heavy (non-hydrogen) atoms. The van der Waals surface area contributed by atoms with Gasteiger partial charge in [0.15, 0.2) is 0 Å². The van der Waals surface area contributed by atoms with Gasteiger partial charge in [0.05, 0.1) is 12.8 Å². The maximum atomic E-state index is 11.5. The van der Waals surface area contributed by atoms with E-state index in [-0.39, 0.29) is 0 Å². The Balaban J connectivity index is 2.36. The molecule has 0 fully saturated rings. The van der Waals surface area contributed by atoms with Crippen LogP contribution in [0.2, 0.25) is 0 Å². The number of nitrogens with zero attached hydrogens (tertiary/aromatic N) is 3. The van der Waals surface area contributed by atoms with E-state index in [1.807, 2.05) is 19.1 Å². The second-order valence-electron chi connectivity index (χ2n) is 3.68. The highest BCUT2D eigenvalue weighted by Gasteiger charge is 2.18. The van der Waals surface area contributed by atoms with Crippen LogP contribution in [-0.4, -0.2) is 30.2 Å². The fraction of sp³-hybridized carbons (Fsp3) is 0.250. The molecule has 0 aliphatic rings. The Morgan fingerprint density at radius 2 is 2.28 bits per heavy atom. The summed E-state index contributed by atoms with van der Waals surface area (Å²) < 4.78 is 4.69. The number of aryl methyl sites for hydroxylation is 1. The number of ether oxygens (including phenoxy) is 1. The van der Waals surface area contributed by atoms with Crippen molar-refractivity contribution in [3.05, 3.63) is 30.2 Å². The molecule has 0 saturated carbocycles. The summed E-state index contributed by atoms with van der Waals surface area (Å²) in [4.78, 5) is 21.4. The van der Waals surface area contributed by atoms with E-state index in [0.717, 1.165) is 21.3 Å². The lowest BCUT2D eigenvalue weighted by Gasteiger charge is -2.13. The molecule has 2 rings (SSSR count). The molecule has 2 aromatic heterocycles. The Morgan fingerprint density at radius 1 is 1.50 bits per heavy atom. The Hall–Kier alpha value is -1.95. The summed E-state index contributed by atoms with van der Waals surface area (Å²) in [6.07, 6.45) is 3.06. The van der Waals surface area contributed by atoms with E-state index in [1.54, 1.807) is 19.4 Å². The summed E-state index contributed by atoms with van der Waals surface area (Å²) in [5, 5.41) is 1.62. The summed E-state index contributed by atoms with van der Waals surface area (Å²) in [5.41, 5.74) is 1.74. The molecule has 0 aromatic carbocycles. The van der Waals surface area contributed by atoms with E-state index in [9.17, 15) is 4.79 Å². The van der Waals surface area contributed by atoms with Gasteiger partial charge < -0.3 is 4.74 Å². The molecule has 0 aliphatic heterocycles. The largest absolute Gasteiger partial charge is 0.452 e. The number of carbonyl (C=O) groups is 1. The minimum atomic E-state index is -0.403. The van der Waals surface area contributed by atoms with Crippen LogP contribution in [0.5, 0.6) is 0 Å². The smallest absolute Gasteiger partial charge is 0.414 e. The van der Waals surface area contributed by atoms with Crippen LogP contribution < -0.4 is 4.90 Å². The number of hydrogen-bond acceptors (Lipinski definition) is 5. The molecule has 1 amide bonds. The summed E-state index contributed by atoms with van der Waals surface area (Å²) in [6.45, 7) is 1.87. The van der Waals surface area contributed by atoms with Crippen molar-refractivity contribution in [2.45, 2.75) is 6.92 Å². The SMILES string of the molecule is COC(=O)N(C)c1sc(-c2cccnc2)nc1C. The number of pyridine rings is 1. The second-order valence-corrected chi connectivity index (χ2v) is 4.66. The Morgan fingerprint density at radius 3 is 2.89 bits per heavy atom. The van der Waals surface area contributed by atoms with E-state index in [2.05, 4.69) is 14.7 Å². The number of rotatable bonds is 2. The second kappa shape index (κ2) is 5.14. The topological polar surface area (TPSA) is 55.3 Å². The number of anilines is 1. The van der Waals surface area contributed by atoms with Crippen LogP contribution in [0.1, 0.15) is 5.69 Å². The van der Waals surface area contributed by atoms with Crippen LogP contribution in [-0.2, 0) is 4.74 Å². The van der Waals surface area contributed by atoms with Gasteiger partial charge in [0.25, 0.3) is 0 Å². The third kappa shape index (κ3) is 2.33. The summed E-state index contributed by atoms with van der Waals surface area (Å²) >= 11 is 1.44. The molecule has 6 heteroatoms. The molecular formula is C12H13N3O2S. The van der Waals surface area contributed by atoms with Crippen molar-refractivity contribution in [1.82, 2.24) is 9.97 Å². The van der Waals surface area contributed by atoms with Gasteiger partial charge in [-0.25, -0.2) is 9.78 Å². The first-order valence-electron chi connectivity index (χ1n) is 5.33. The number of amides is 1. The zero-order chi connectivity index (χ0) is 13.1. The minimum Gasteiger partial charge on any atom is -0.452 e. The third-order valence-electron chi connectivity index (χ3n) is 2.43. The lowest BCUT2D eigenvalue weighted by atomic mass is 10.3. The number of aromatic nitrogens is 2. The molecule has 5 nitrogen and oxygen atoms in total. The lowest BCUT2D eigenvalue weighted by molar-refractivity contribution is 0.180. The molecule has 0 saturated heterocycles. The number of carbonyl (C=O) groups excluding carboxylic acids is 1. The lowest BCUT2D eigenvalue weighted by Crippen LogP contribution is -2.25. The fourth-order valence-electron chi connectivity index (χ4n) is 1.53. The van der Waals surface area contributed by atoms with Crippen LogP contribution in [0, 0.1) is 6.92 Å². The maximum absolute atomic E-state index is 11.5. The van der Waals surface area contributed by atoms with Crippen LogP contribution in [0.3, 0.4) is 0 Å². The van der Waals surface area contributed by atoms with Crippen molar-refractivity contribution in [3.63, 3.8) is 0 Å². The Labute approximate surface area is 109 Å². The van der Waals surface area contributed by atoms with Crippen molar-refractivity contribution in [2.75, 3.05) is 19.1 Å². The van der Waals surface area contributed by atoms with Crippen molar-refractivity contribution < 1.29 is 9.53 Å². The van der Waals surface area contributed by atoms with Gasteiger partial charge in [0.2, 0.25) is 0 Å². The van der Waals surface area contributed by atoms with Crippen LogP contribution in [0.15, 0.2) is 24.5 Å². The maximum Gasteiger partial charge on any atom is 0.414 e. The van der Waals surface area contributed by atoms with Gasteiger partial charge in [-0.05, 0) is 19.1 Å². The monoisotopic (exact) mass is 263 g/mol. The van der Waals surface area contributed by atoms with E-state index in [1.165, 1.54) is 23.3 Å². The first-order chi connectivity index (χ1) is 8.63. The molecule has 0 N–H and O–H groups in total. The molecule has 0 spiro atoms. The Kier molecular flexibility index (Phi) is 3.57. The van der Waals surface area contributed by atoms with Crippen LogP contribution in [0.25, 0.3) is 10.6 Å². The molecule has 2 heterocycles. The highest BCUT2D eigenvalue weighted by Crippen LogP contribution is 2.33. The van der Waals surface area contributed by atoms with E-state index in [4.69, 9.17) is 0 Å². The Bertz CT molecular complexity index is 554.